The van der Waals surface area contributed by atoms with Crippen LogP contribution in [0.5, 0.6) is 5.75 Å². The van der Waals surface area contributed by atoms with Crippen LogP contribution in [-0.2, 0) is 11.2 Å². The molecule has 0 unspecified atom stereocenters. The minimum atomic E-state index is -1.11. The predicted octanol–water partition coefficient (Wildman–Crippen LogP) is 0.317. The summed E-state index contributed by atoms with van der Waals surface area (Å²) in [5, 5.41) is 22.6. The van der Waals surface area contributed by atoms with Gasteiger partial charge in [0.05, 0.1) is 0 Å². The number of amides is 2. The Kier molecular flexibility index (Phi) is 4.33. The molecule has 0 saturated carbocycles. The fourth-order valence-corrected chi connectivity index (χ4v) is 1.30. The van der Waals surface area contributed by atoms with Crippen LogP contribution >= 0.6 is 0 Å². The first-order chi connectivity index (χ1) is 8.02. The zero-order valence-electron chi connectivity index (χ0n) is 9.30. The molecule has 2 amide bonds. The number of carbonyl (C=O) groups is 2. The largest absolute Gasteiger partial charge is 0.508 e. The number of nitrogens with one attached hydrogen (secondary N) is 2. The van der Waals surface area contributed by atoms with E-state index in [1.165, 1.54) is 19.2 Å². The van der Waals surface area contributed by atoms with Crippen LogP contribution in [0.4, 0.5) is 4.79 Å². The molecule has 6 nitrogen and oxygen atoms in total. The minimum Gasteiger partial charge on any atom is -0.508 e. The number of carboxylic acids is 1. The Bertz CT molecular complexity index is 402. The highest BCUT2D eigenvalue weighted by Crippen LogP contribution is 2.11. The Labute approximate surface area is 98.3 Å². The van der Waals surface area contributed by atoms with Crippen molar-refractivity contribution in [3.05, 3.63) is 29.8 Å². The fourth-order valence-electron chi connectivity index (χ4n) is 1.30. The number of aromatic hydroxyl groups is 1. The van der Waals surface area contributed by atoms with E-state index in [1.54, 1.807) is 12.1 Å². The number of phenolic OH excluding ortho intramolecular Hbond substituents is 1. The molecule has 0 aliphatic rings. The van der Waals surface area contributed by atoms with E-state index in [0.717, 1.165) is 0 Å². The van der Waals surface area contributed by atoms with Gasteiger partial charge >= 0.3 is 12.0 Å². The van der Waals surface area contributed by atoms with E-state index in [-0.39, 0.29) is 12.2 Å². The topological polar surface area (TPSA) is 98.7 Å². The second-order valence-electron chi connectivity index (χ2n) is 3.48. The maximum atomic E-state index is 11.0. The molecular formula is C11H14N2O4. The summed E-state index contributed by atoms with van der Waals surface area (Å²) >= 11 is 0. The molecule has 0 heterocycles. The molecule has 0 aliphatic heterocycles. The van der Waals surface area contributed by atoms with Crippen molar-refractivity contribution in [3.8, 4) is 5.75 Å². The van der Waals surface area contributed by atoms with Crippen LogP contribution in [-0.4, -0.2) is 35.3 Å². The van der Waals surface area contributed by atoms with Gasteiger partial charge in [-0.2, -0.15) is 0 Å². The van der Waals surface area contributed by atoms with Crippen LogP contribution < -0.4 is 10.6 Å². The third kappa shape index (κ3) is 4.02. The number of carboxylic acid groups (broad SMARTS) is 1. The molecule has 0 spiro atoms. The average molecular weight is 238 g/mol. The molecule has 0 fully saturated rings. The van der Waals surface area contributed by atoms with E-state index in [2.05, 4.69) is 10.6 Å². The van der Waals surface area contributed by atoms with Crippen LogP contribution in [0.1, 0.15) is 5.56 Å². The van der Waals surface area contributed by atoms with E-state index in [9.17, 15) is 9.59 Å². The zero-order valence-corrected chi connectivity index (χ0v) is 9.30. The third-order valence-electron chi connectivity index (χ3n) is 2.21. The molecule has 92 valence electrons. The number of urea groups is 1. The van der Waals surface area contributed by atoms with Gasteiger partial charge in [0.1, 0.15) is 11.8 Å². The van der Waals surface area contributed by atoms with Gasteiger partial charge in [-0.05, 0) is 17.7 Å². The summed E-state index contributed by atoms with van der Waals surface area (Å²) in [6, 6.07) is 4.60. The summed E-state index contributed by atoms with van der Waals surface area (Å²) in [4.78, 5) is 22.0. The van der Waals surface area contributed by atoms with Gasteiger partial charge in [-0.25, -0.2) is 9.59 Å². The lowest BCUT2D eigenvalue weighted by Crippen LogP contribution is -2.46. The monoisotopic (exact) mass is 238 g/mol. The van der Waals surface area contributed by atoms with Crippen molar-refractivity contribution in [1.82, 2.24) is 10.6 Å². The van der Waals surface area contributed by atoms with Crippen LogP contribution in [0.2, 0.25) is 0 Å². The lowest BCUT2D eigenvalue weighted by Gasteiger charge is -2.14. The number of phenols is 1. The van der Waals surface area contributed by atoms with Crippen LogP contribution in [0.3, 0.4) is 0 Å². The second-order valence-corrected chi connectivity index (χ2v) is 3.48. The minimum absolute atomic E-state index is 0.111. The SMILES string of the molecule is CNC(=O)N[C@@H](Cc1ccc(O)cc1)C(=O)O. The Morgan fingerprint density at radius 2 is 1.88 bits per heavy atom. The Morgan fingerprint density at radius 1 is 1.29 bits per heavy atom. The number of aliphatic carboxylic acids is 1. The molecular weight excluding hydrogens is 224 g/mol. The summed E-state index contributed by atoms with van der Waals surface area (Å²) < 4.78 is 0. The summed E-state index contributed by atoms with van der Waals surface area (Å²) in [6.07, 6.45) is 0.156. The Balaban J connectivity index is 2.70. The molecule has 1 aromatic rings. The highest BCUT2D eigenvalue weighted by molar-refractivity contribution is 5.82. The normalized spacial score (nSPS) is 11.6. The van der Waals surface area contributed by atoms with E-state index in [4.69, 9.17) is 10.2 Å². The number of carbonyl (C=O) groups excluding carboxylic acids is 1. The Hall–Kier alpha value is -2.24. The lowest BCUT2D eigenvalue weighted by molar-refractivity contribution is -0.139. The smallest absolute Gasteiger partial charge is 0.326 e. The van der Waals surface area contributed by atoms with Crippen molar-refractivity contribution >= 4 is 12.0 Å². The van der Waals surface area contributed by atoms with Crippen LogP contribution in [0, 0.1) is 0 Å². The van der Waals surface area contributed by atoms with Crippen LogP contribution in [0.15, 0.2) is 24.3 Å². The van der Waals surface area contributed by atoms with Gasteiger partial charge < -0.3 is 20.8 Å². The predicted molar refractivity (Wildman–Crippen MR) is 60.8 cm³/mol. The maximum Gasteiger partial charge on any atom is 0.326 e. The molecule has 0 aliphatic carbocycles. The molecule has 0 bridgehead atoms. The van der Waals surface area contributed by atoms with Crippen molar-refractivity contribution in [2.75, 3.05) is 7.05 Å². The van der Waals surface area contributed by atoms with Gasteiger partial charge in [0.15, 0.2) is 0 Å². The molecule has 17 heavy (non-hydrogen) atoms. The number of hydrogen-bond acceptors (Lipinski definition) is 3. The standard InChI is InChI=1S/C11H14N2O4/c1-12-11(17)13-9(10(15)16)6-7-2-4-8(14)5-3-7/h2-5,9,14H,6H2,1H3,(H,15,16)(H2,12,13,17)/t9-/m0/s1. The quantitative estimate of drug-likeness (QED) is 0.607. The van der Waals surface area contributed by atoms with Crippen molar-refractivity contribution < 1.29 is 19.8 Å². The van der Waals surface area contributed by atoms with Crippen molar-refractivity contribution in [3.63, 3.8) is 0 Å². The maximum absolute atomic E-state index is 11.0. The highest BCUT2D eigenvalue weighted by atomic mass is 16.4. The first kappa shape index (κ1) is 12.8. The van der Waals surface area contributed by atoms with E-state index >= 15 is 0 Å². The first-order valence-electron chi connectivity index (χ1n) is 5.02. The average Bonchev–Trinajstić information content (AvgIpc) is 2.30. The van der Waals surface area contributed by atoms with E-state index < -0.39 is 18.0 Å². The summed E-state index contributed by atoms with van der Waals surface area (Å²) in [6.45, 7) is 0. The number of hydrogen-bond donors (Lipinski definition) is 4. The van der Waals surface area contributed by atoms with Gasteiger partial charge in [0.2, 0.25) is 0 Å². The van der Waals surface area contributed by atoms with Gasteiger partial charge in [0, 0.05) is 13.5 Å². The van der Waals surface area contributed by atoms with Crippen molar-refractivity contribution in [1.29, 1.82) is 0 Å². The molecule has 1 rings (SSSR count). The lowest BCUT2D eigenvalue weighted by atomic mass is 10.1. The van der Waals surface area contributed by atoms with Gasteiger partial charge in [-0.3, -0.25) is 0 Å². The molecule has 0 radical (unpaired) electrons. The molecule has 0 aromatic heterocycles. The first-order valence-corrected chi connectivity index (χ1v) is 5.02. The Morgan fingerprint density at radius 3 is 2.35 bits per heavy atom. The second kappa shape index (κ2) is 5.74. The third-order valence-corrected chi connectivity index (χ3v) is 2.21. The summed E-state index contributed by atoms with van der Waals surface area (Å²) in [5.41, 5.74) is 0.714. The van der Waals surface area contributed by atoms with Gasteiger partial charge in [0.25, 0.3) is 0 Å². The zero-order chi connectivity index (χ0) is 12.8. The van der Waals surface area contributed by atoms with E-state index in [1.807, 2.05) is 0 Å². The van der Waals surface area contributed by atoms with Crippen LogP contribution in [0.25, 0.3) is 0 Å². The number of rotatable bonds is 4. The number of benzene rings is 1. The van der Waals surface area contributed by atoms with E-state index in [0.29, 0.717) is 5.56 Å². The molecule has 1 atom stereocenters. The molecule has 4 N–H and O–H groups in total. The molecule has 6 heteroatoms. The molecule has 1 aromatic carbocycles. The van der Waals surface area contributed by atoms with Crippen molar-refractivity contribution in [2.24, 2.45) is 0 Å². The van der Waals surface area contributed by atoms with Gasteiger partial charge in [-0.1, -0.05) is 12.1 Å². The highest BCUT2D eigenvalue weighted by Gasteiger charge is 2.19. The van der Waals surface area contributed by atoms with Crippen molar-refractivity contribution in [2.45, 2.75) is 12.5 Å². The molecule has 0 saturated heterocycles. The van der Waals surface area contributed by atoms with Gasteiger partial charge in [-0.15, -0.1) is 0 Å². The fraction of sp³-hybridized carbons (Fsp3) is 0.273. The summed E-state index contributed by atoms with van der Waals surface area (Å²) in [5.74, 6) is -0.999. The summed E-state index contributed by atoms with van der Waals surface area (Å²) in [7, 11) is 1.41.